The van der Waals surface area contributed by atoms with Gasteiger partial charge in [0.05, 0.1) is 36.3 Å². The third-order valence-corrected chi connectivity index (χ3v) is 4.61. The van der Waals surface area contributed by atoms with Gasteiger partial charge in [0.25, 0.3) is 5.56 Å². The zero-order valence-corrected chi connectivity index (χ0v) is 18.1. The summed E-state index contributed by atoms with van der Waals surface area (Å²) < 4.78 is 11.9. The van der Waals surface area contributed by atoms with Crippen LogP contribution in [0.15, 0.2) is 58.6 Å². The number of nitrogens with one attached hydrogen (secondary N) is 1. The van der Waals surface area contributed by atoms with Gasteiger partial charge in [0.1, 0.15) is 22.2 Å². The predicted molar refractivity (Wildman–Crippen MR) is 120 cm³/mol. The number of hydrogen-bond donors (Lipinski definition) is 1. The van der Waals surface area contributed by atoms with Crippen molar-refractivity contribution >= 4 is 35.1 Å². The van der Waals surface area contributed by atoms with Crippen molar-refractivity contribution < 1.29 is 9.47 Å². The van der Waals surface area contributed by atoms with Crippen LogP contribution in [0.2, 0.25) is 10.0 Å². The van der Waals surface area contributed by atoms with Crippen LogP contribution in [0.25, 0.3) is 5.69 Å². The number of methoxy groups -OCH3 is 1. The number of halogens is 2. The Morgan fingerprint density at radius 1 is 1.17 bits per heavy atom. The largest absolute Gasteiger partial charge is 0.497 e. The van der Waals surface area contributed by atoms with E-state index in [4.69, 9.17) is 32.7 Å². The van der Waals surface area contributed by atoms with Crippen molar-refractivity contribution in [2.45, 2.75) is 20.0 Å². The van der Waals surface area contributed by atoms with Crippen LogP contribution in [0.4, 0.5) is 5.69 Å². The Morgan fingerprint density at radius 2 is 1.90 bits per heavy atom. The molecule has 0 unspecified atom stereocenters. The topological polar surface area (TPSA) is 77.7 Å². The summed E-state index contributed by atoms with van der Waals surface area (Å²) in [6.07, 6.45) is 3.01. The third-order valence-electron chi connectivity index (χ3n) is 3.95. The number of hydrogen-bond acceptors (Lipinski definition) is 6. The monoisotopic (exact) mass is 446 g/mol. The molecular weight excluding hydrogens is 427 g/mol. The molecule has 2 aromatic carbocycles. The smallest absolute Gasteiger partial charge is 0.292 e. The van der Waals surface area contributed by atoms with E-state index in [1.54, 1.807) is 49.7 Å². The Morgan fingerprint density at radius 3 is 2.53 bits per heavy atom. The Bertz CT molecular complexity index is 1110. The molecule has 1 aromatic heterocycles. The van der Waals surface area contributed by atoms with E-state index in [0.717, 1.165) is 5.56 Å². The number of ether oxygens (including phenoxy) is 2. The number of hydrazone groups is 1. The molecule has 3 aromatic rings. The fourth-order valence-electron chi connectivity index (χ4n) is 2.54. The van der Waals surface area contributed by atoms with Crippen LogP contribution >= 0.6 is 23.2 Å². The molecule has 1 N–H and O–H groups in total. The summed E-state index contributed by atoms with van der Waals surface area (Å²) >= 11 is 12.4. The van der Waals surface area contributed by atoms with Gasteiger partial charge in [-0.25, -0.2) is 0 Å². The maximum atomic E-state index is 12.6. The maximum Gasteiger partial charge on any atom is 0.292 e. The lowest BCUT2D eigenvalue weighted by Gasteiger charge is -2.11. The van der Waals surface area contributed by atoms with Crippen LogP contribution in [-0.2, 0) is 0 Å². The molecule has 30 heavy (non-hydrogen) atoms. The van der Waals surface area contributed by atoms with Gasteiger partial charge in [-0.05, 0) is 61.9 Å². The summed E-state index contributed by atoms with van der Waals surface area (Å²) in [6.45, 7) is 3.85. The number of benzene rings is 2. The molecule has 1 heterocycles. The molecule has 0 atom stereocenters. The van der Waals surface area contributed by atoms with Crippen molar-refractivity contribution in [3.8, 4) is 17.2 Å². The van der Waals surface area contributed by atoms with Crippen LogP contribution in [0.5, 0.6) is 11.5 Å². The minimum absolute atomic E-state index is 0.0263. The van der Waals surface area contributed by atoms with Crippen molar-refractivity contribution in [2.24, 2.45) is 5.10 Å². The minimum Gasteiger partial charge on any atom is -0.497 e. The molecule has 156 valence electrons. The number of aromatic nitrogens is 2. The van der Waals surface area contributed by atoms with Crippen LogP contribution in [0.1, 0.15) is 19.4 Å². The molecular formula is C21H20Cl2N4O3. The molecule has 0 spiro atoms. The molecule has 0 radical (unpaired) electrons. The Kier molecular flexibility index (Phi) is 6.97. The Hall–Kier alpha value is -3.03. The number of anilines is 1. The van der Waals surface area contributed by atoms with E-state index in [-0.39, 0.29) is 16.8 Å². The highest BCUT2D eigenvalue weighted by Crippen LogP contribution is 2.26. The quantitative estimate of drug-likeness (QED) is 0.417. The number of rotatable bonds is 7. The van der Waals surface area contributed by atoms with Crippen molar-refractivity contribution in [1.82, 2.24) is 9.78 Å². The molecule has 0 aliphatic rings. The van der Waals surface area contributed by atoms with Gasteiger partial charge in [-0.3, -0.25) is 10.2 Å². The SMILES string of the molecule is COc1ccc(-n2ncc(N/N=C\c3ccc(OC(C)C)c(Cl)c3)c(Cl)c2=O)cc1. The fourth-order valence-corrected chi connectivity index (χ4v) is 2.95. The van der Waals surface area contributed by atoms with Crippen LogP contribution in [0, 0.1) is 0 Å². The zero-order chi connectivity index (χ0) is 21.7. The first kappa shape index (κ1) is 21.7. The summed E-state index contributed by atoms with van der Waals surface area (Å²) in [4.78, 5) is 12.6. The molecule has 0 bridgehead atoms. The normalized spacial score (nSPS) is 11.1. The number of nitrogens with zero attached hydrogens (tertiary/aromatic N) is 3. The lowest BCUT2D eigenvalue weighted by atomic mass is 10.2. The molecule has 7 nitrogen and oxygen atoms in total. The van der Waals surface area contributed by atoms with E-state index in [2.05, 4.69) is 15.6 Å². The highest BCUT2D eigenvalue weighted by molar-refractivity contribution is 6.33. The van der Waals surface area contributed by atoms with Crippen molar-refractivity contribution in [2.75, 3.05) is 12.5 Å². The predicted octanol–water partition coefficient (Wildman–Crippen LogP) is 4.78. The van der Waals surface area contributed by atoms with Crippen LogP contribution in [0.3, 0.4) is 0 Å². The summed E-state index contributed by atoms with van der Waals surface area (Å²) in [6, 6.07) is 12.2. The van der Waals surface area contributed by atoms with Gasteiger partial charge in [-0.1, -0.05) is 23.2 Å². The lowest BCUT2D eigenvalue weighted by molar-refractivity contribution is 0.242. The van der Waals surface area contributed by atoms with Crippen molar-refractivity contribution in [3.05, 3.63) is 74.6 Å². The second-order valence-corrected chi connectivity index (χ2v) is 7.30. The fraction of sp³-hybridized carbons (Fsp3) is 0.190. The first-order valence-electron chi connectivity index (χ1n) is 9.06. The van der Waals surface area contributed by atoms with Gasteiger partial charge in [0.15, 0.2) is 0 Å². The van der Waals surface area contributed by atoms with E-state index < -0.39 is 5.56 Å². The van der Waals surface area contributed by atoms with Crippen molar-refractivity contribution in [3.63, 3.8) is 0 Å². The van der Waals surface area contributed by atoms with Gasteiger partial charge in [0.2, 0.25) is 0 Å². The summed E-state index contributed by atoms with van der Waals surface area (Å²) in [5.41, 5.74) is 3.86. The summed E-state index contributed by atoms with van der Waals surface area (Å²) in [7, 11) is 1.57. The van der Waals surface area contributed by atoms with Crippen LogP contribution in [-0.4, -0.2) is 29.2 Å². The molecule has 0 saturated carbocycles. The highest BCUT2D eigenvalue weighted by Gasteiger charge is 2.10. The second kappa shape index (κ2) is 9.65. The average molecular weight is 447 g/mol. The Balaban J connectivity index is 1.75. The maximum absolute atomic E-state index is 12.6. The minimum atomic E-state index is -0.472. The standard InChI is InChI=1S/C21H20Cl2N4O3/c1-13(2)30-19-9-4-14(10-17(19)22)11-24-26-18-12-25-27(21(28)20(18)23)15-5-7-16(29-3)8-6-15/h4-13,26H,1-3H3/b24-11-. The van der Waals surface area contributed by atoms with Gasteiger partial charge in [-0.15, -0.1) is 0 Å². The molecule has 0 aliphatic carbocycles. The van der Waals surface area contributed by atoms with E-state index >= 15 is 0 Å². The van der Waals surface area contributed by atoms with Gasteiger partial charge in [0, 0.05) is 0 Å². The first-order valence-corrected chi connectivity index (χ1v) is 9.82. The molecule has 0 amide bonds. The van der Waals surface area contributed by atoms with E-state index in [1.807, 2.05) is 19.9 Å². The van der Waals surface area contributed by atoms with E-state index in [0.29, 0.717) is 22.2 Å². The van der Waals surface area contributed by atoms with Gasteiger partial charge >= 0.3 is 0 Å². The zero-order valence-electron chi connectivity index (χ0n) is 16.6. The summed E-state index contributed by atoms with van der Waals surface area (Å²) in [5.74, 6) is 1.28. The van der Waals surface area contributed by atoms with E-state index in [9.17, 15) is 4.79 Å². The molecule has 0 aliphatic heterocycles. The summed E-state index contributed by atoms with van der Waals surface area (Å²) in [5, 5.41) is 8.71. The lowest BCUT2D eigenvalue weighted by Crippen LogP contribution is -2.22. The van der Waals surface area contributed by atoms with Gasteiger partial charge < -0.3 is 9.47 Å². The molecule has 0 saturated heterocycles. The van der Waals surface area contributed by atoms with Gasteiger partial charge in [-0.2, -0.15) is 14.9 Å². The average Bonchev–Trinajstić information content (AvgIpc) is 2.73. The first-order chi connectivity index (χ1) is 14.4. The van der Waals surface area contributed by atoms with E-state index in [1.165, 1.54) is 10.9 Å². The van der Waals surface area contributed by atoms with Crippen molar-refractivity contribution in [1.29, 1.82) is 0 Å². The molecule has 3 rings (SSSR count). The van der Waals surface area contributed by atoms with Crippen LogP contribution < -0.4 is 20.5 Å². The Labute approximate surface area is 183 Å². The molecule has 0 fully saturated rings. The highest BCUT2D eigenvalue weighted by atomic mass is 35.5. The molecule has 9 heteroatoms. The second-order valence-electron chi connectivity index (χ2n) is 6.51. The third kappa shape index (κ3) is 5.11.